The Morgan fingerprint density at radius 1 is 1.33 bits per heavy atom. The third-order valence-corrected chi connectivity index (χ3v) is 3.01. The number of hydrogen-bond acceptors (Lipinski definition) is 3. The molecule has 4 heteroatoms. The summed E-state index contributed by atoms with van der Waals surface area (Å²) < 4.78 is 5.67. The first-order chi connectivity index (χ1) is 6.89. The van der Waals surface area contributed by atoms with Gasteiger partial charge in [-0.05, 0) is 12.1 Å². The highest BCUT2D eigenvalue weighted by Crippen LogP contribution is 2.32. The van der Waals surface area contributed by atoms with Gasteiger partial charge in [-0.1, -0.05) is 32.4 Å². The van der Waals surface area contributed by atoms with Crippen molar-refractivity contribution in [2.45, 2.75) is 31.1 Å². The normalized spacial score (nSPS) is 12.3. The summed E-state index contributed by atoms with van der Waals surface area (Å²) in [7, 11) is 0. The molecule has 80 valence electrons. The maximum Gasteiger partial charge on any atom is 0.200 e. The van der Waals surface area contributed by atoms with E-state index < -0.39 is 0 Å². The zero-order valence-electron chi connectivity index (χ0n) is 8.84. The van der Waals surface area contributed by atoms with Crippen LogP contribution < -0.4 is 0 Å². The van der Waals surface area contributed by atoms with E-state index in [4.69, 9.17) is 16.0 Å². The standard InChI is InChI=1S/C11H12ClNOS/c1-11(2,3)10-13-7-5-4-6(12)9(15)8(7)14-10/h4-5,15H,1-3H3. The molecule has 0 radical (unpaired) electrons. The molecule has 1 heterocycles. The largest absolute Gasteiger partial charge is 0.439 e. The second kappa shape index (κ2) is 3.42. The lowest BCUT2D eigenvalue weighted by Gasteiger charge is -2.11. The summed E-state index contributed by atoms with van der Waals surface area (Å²) in [5.74, 6) is 0.704. The lowest BCUT2D eigenvalue weighted by molar-refractivity contribution is 0.409. The van der Waals surface area contributed by atoms with Crippen molar-refractivity contribution < 1.29 is 4.42 Å². The van der Waals surface area contributed by atoms with Gasteiger partial charge in [0.05, 0.1) is 9.92 Å². The van der Waals surface area contributed by atoms with Crippen LogP contribution in [-0.4, -0.2) is 4.98 Å². The van der Waals surface area contributed by atoms with Gasteiger partial charge in [0.25, 0.3) is 0 Å². The molecule has 15 heavy (non-hydrogen) atoms. The van der Waals surface area contributed by atoms with Gasteiger partial charge in [0.2, 0.25) is 5.89 Å². The molecule has 0 atom stereocenters. The molecule has 0 N–H and O–H groups in total. The number of nitrogens with zero attached hydrogens (tertiary/aromatic N) is 1. The minimum absolute atomic E-state index is 0.105. The highest BCUT2D eigenvalue weighted by atomic mass is 35.5. The average Bonchev–Trinajstić information content (AvgIpc) is 2.55. The Bertz CT molecular complexity index is 513. The number of fused-ring (bicyclic) bond motifs is 1. The second-order valence-electron chi connectivity index (χ2n) is 4.51. The van der Waals surface area contributed by atoms with Gasteiger partial charge in [0.1, 0.15) is 5.52 Å². The number of halogens is 1. The van der Waals surface area contributed by atoms with Gasteiger partial charge in [-0.3, -0.25) is 0 Å². The van der Waals surface area contributed by atoms with Crippen LogP contribution in [0.25, 0.3) is 11.1 Å². The maximum absolute atomic E-state index is 5.95. The molecule has 0 saturated carbocycles. The Morgan fingerprint density at radius 3 is 2.60 bits per heavy atom. The van der Waals surface area contributed by atoms with Gasteiger partial charge < -0.3 is 4.42 Å². The van der Waals surface area contributed by atoms with E-state index in [1.807, 2.05) is 6.07 Å². The number of benzene rings is 1. The van der Waals surface area contributed by atoms with Crippen LogP contribution in [0.1, 0.15) is 26.7 Å². The molecule has 1 aromatic carbocycles. The monoisotopic (exact) mass is 241 g/mol. The fraction of sp³-hybridized carbons (Fsp3) is 0.364. The predicted molar refractivity (Wildman–Crippen MR) is 65.0 cm³/mol. The molecule has 2 nitrogen and oxygen atoms in total. The van der Waals surface area contributed by atoms with Crippen LogP contribution in [-0.2, 0) is 5.41 Å². The molecule has 2 rings (SSSR count). The van der Waals surface area contributed by atoms with E-state index in [-0.39, 0.29) is 5.41 Å². The summed E-state index contributed by atoms with van der Waals surface area (Å²) in [6.07, 6.45) is 0. The van der Waals surface area contributed by atoms with Crippen molar-refractivity contribution in [1.29, 1.82) is 0 Å². The fourth-order valence-corrected chi connectivity index (χ4v) is 1.66. The first-order valence-electron chi connectivity index (χ1n) is 4.68. The lowest BCUT2D eigenvalue weighted by atomic mass is 9.97. The first kappa shape index (κ1) is 10.8. The van der Waals surface area contributed by atoms with E-state index in [0.717, 1.165) is 5.52 Å². The van der Waals surface area contributed by atoms with Gasteiger partial charge in [-0.25, -0.2) is 4.98 Å². The van der Waals surface area contributed by atoms with Crippen molar-refractivity contribution in [1.82, 2.24) is 4.98 Å². The summed E-state index contributed by atoms with van der Waals surface area (Å²) in [6, 6.07) is 3.62. The van der Waals surface area contributed by atoms with Crippen molar-refractivity contribution in [2.24, 2.45) is 0 Å². The maximum atomic E-state index is 5.95. The lowest BCUT2D eigenvalue weighted by Crippen LogP contribution is -2.10. The zero-order chi connectivity index (χ0) is 11.2. The van der Waals surface area contributed by atoms with Gasteiger partial charge in [0.15, 0.2) is 5.58 Å². The molecule has 0 amide bonds. The van der Waals surface area contributed by atoms with Crippen LogP contribution in [0.15, 0.2) is 21.4 Å². The van der Waals surface area contributed by atoms with E-state index in [1.54, 1.807) is 6.07 Å². The van der Waals surface area contributed by atoms with Crippen molar-refractivity contribution in [2.75, 3.05) is 0 Å². The van der Waals surface area contributed by atoms with Crippen molar-refractivity contribution in [3.63, 3.8) is 0 Å². The Hall–Kier alpha value is -0.670. The average molecular weight is 242 g/mol. The highest BCUT2D eigenvalue weighted by Gasteiger charge is 2.21. The van der Waals surface area contributed by atoms with Gasteiger partial charge in [-0.2, -0.15) is 0 Å². The molecule has 2 aromatic rings. The zero-order valence-corrected chi connectivity index (χ0v) is 10.5. The topological polar surface area (TPSA) is 26.0 Å². The molecule has 1 aromatic heterocycles. The number of aromatic nitrogens is 1. The third-order valence-electron chi connectivity index (χ3n) is 2.12. The van der Waals surface area contributed by atoms with Crippen LogP contribution in [0, 0.1) is 0 Å². The van der Waals surface area contributed by atoms with Gasteiger partial charge in [0, 0.05) is 5.41 Å². The van der Waals surface area contributed by atoms with Crippen LogP contribution >= 0.6 is 24.2 Å². The Labute approximate surface area is 99.0 Å². The summed E-state index contributed by atoms with van der Waals surface area (Å²) in [4.78, 5) is 5.06. The van der Waals surface area contributed by atoms with Crippen LogP contribution in [0.4, 0.5) is 0 Å². The number of oxazole rings is 1. The Morgan fingerprint density at radius 2 is 2.00 bits per heavy atom. The smallest absolute Gasteiger partial charge is 0.200 e. The fourth-order valence-electron chi connectivity index (χ4n) is 1.27. The third kappa shape index (κ3) is 1.86. The molecule has 0 fully saturated rings. The van der Waals surface area contributed by atoms with Crippen LogP contribution in [0.5, 0.6) is 0 Å². The van der Waals surface area contributed by atoms with Crippen molar-refractivity contribution >= 4 is 35.3 Å². The Kier molecular flexibility index (Phi) is 2.47. The number of thiol groups is 1. The minimum Gasteiger partial charge on any atom is -0.439 e. The van der Waals surface area contributed by atoms with E-state index in [2.05, 4.69) is 38.4 Å². The molecule has 0 aliphatic carbocycles. The SMILES string of the molecule is CC(C)(C)c1nc2ccc(Cl)c(S)c2o1. The summed E-state index contributed by atoms with van der Waals surface area (Å²) in [6.45, 7) is 6.16. The summed E-state index contributed by atoms with van der Waals surface area (Å²) in [5, 5.41) is 0.586. The first-order valence-corrected chi connectivity index (χ1v) is 5.50. The van der Waals surface area contributed by atoms with E-state index in [9.17, 15) is 0 Å². The predicted octanol–water partition coefficient (Wildman–Crippen LogP) is 4.07. The second-order valence-corrected chi connectivity index (χ2v) is 5.37. The minimum atomic E-state index is -0.105. The van der Waals surface area contributed by atoms with E-state index in [1.165, 1.54) is 0 Å². The van der Waals surface area contributed by atoms with Crippen molar-refractivity contribution in [3.05, 3.63) is 23.0 Å². The van der Waals surface area contributed by atoms with Crippen LogP contribution in [0.2, 0.25) is 5.02 Å². The van der Waals surface area contributed by atoms with Crippen molar-refractivity contribution in [3.8, 4) is 0 Å². The molecule has 0 saturated heterocycles. The molecular formula is C11H12ClNOS. The number of hydrogen-bond donors (Lipinski definition) is 1. The molecule has 0 spiro atoms. The Balaban J connectivity index is 2.72. The molecular weight excluding hydrogens is 230 g/mol. The molecule has 0 aliphatic heterocycles. The number of rotatable bonds is 0. The van der Waals surface area contributed by atoms with E-state index in [0.29, 0.717) is 21.4 Å². The highest BCUT2D eigenvalue weighted by molar-refractivity contribution is 7.80. The van der Waals surface area contributed by atoms with Gasteiger partial charge in [-0.15, -0.1) is 12.6 Å². The molecule has 0 unspecified atom stereocenters. The van der Waals surface area contributed by atoms with Crippen LogP contribution in [0.3, 0.4) is 0 Å². The quantitative estimate of drug-likeness (QED) is 0.704. The van der Waals surface area contributed by atoms with E-state index >= 15 is 0 Å². The molecule has 0 bridgehead atoms. The molecule has 0 aliphatic rings. The van der Waals surface area contributed by atoms with Gasteiger partial charge >= 0.3 is 0 Å². The summed E-state index contributed by atoms with van der Waals surface area (Å²) >= 11 is 10.3. The summed E-state index contributed by atoms with van der Waals surface area (Å²) in [5.41, 5.74) is 1.36.